The fourth-order valence-corrected chi connectivity index (χ4v) is 1.60. The zero-order chi connectivity index (χ0) is 12.7. The molecule has 4 heteroatoms. The molecule has 17 heavy (non-hydrogen) atoms. The SMILES string of the molecule is COCCCC(N)C(=O)N(C)c1ccccc1. The maximum absolute atomic E-state index is 12.0. The molecule has 0 bridgehead atoms. The van der Waals surface area contributed by atoms with Crippen molar-refractivity contribution < 1.29 is 9.53 Å². The molecule has 0 aliphatic carbocycles. The molecule has 1 rings (SSSR count). The number of nitrogens with zero attached hydrogens (tertiary/aromatic N) is 1. The summed E-state index contributed by atoms with van der Waals surface area (Å²) < 4.78 is 4.94. The van der Waals surface area contributed by atoms with E-state index in [0.29, 0.717) is 13.0 Å². The van der Waals surface area contributed by atoms with Gasteiger partial charge >= 0.3 is 0 Å². The molecule has 0 aliphatic rings. The van der Waals surface area contributed by atoms with E-state index in [4.69, 9.17) is 10.5 Å². The number of amides is 1. The van der Waals surface area contributed by atoms with Crippen molar-refractivity contribution in [3.8, 4) is 0 Å². The molecule has 94 valence electrons. The minimum absolute atomic E-state index is 0.0627. The summed E-state index contributed by atoms with van der Waals surface area (Å²) >= 11 is 0. The fourth-order valence-electron chi connectivity index (χ4n) is 1.60. The molecule has 2 N–H and O–H groups in total. The summed E-state index contributed by atoms with van der Waals surface area (Å²) in [6.45, 7) is 0.635. The number of rotatable bonds is 6. The van der Waals surface area contributed by atoms with Crippen LogP contribution in [0, 0.1) is 0 Å². The maximum Gasteiger partial charge on any atom is 0.243 e. The van der Waals surface area contributed by atoms with E-state index in [0.717, 1.165) is 12.1 Å². The van der Waals surface area contributed by atoms with E-state index in [9.17, 15) is 4.79 Å². The van der Waals surface area contributed by atoms with Gasteiger partial charge in [-0.05, 0) is 25.0 Å². The minimum Gasteiger partial charge on any atom is -0.385 e. The molecule has 0 radical (unpaired) electrons. The third-order valence-electron chi connectivity index (χ3n) is 2.65. The van der Waals surface area contributed by atoms with Crippen LogP contribution in [0.5, 0.6) is 0 Å². The molecule has 0 spiro atoms. The first-order valence-corrected chi connectivity index (χ1v) is 5.74. The average Bonchev–Trinajstić information content (AvgIpc) is 2.38. The van der Waals surface area contributed by atoms with Gasteiger partial charge in [-0.3, -0.25) is 4.79 Å². The molecule has 4 nitrogen and oxygen atoms in total. The van der Waals surface area contributed by atoms with Gasteiger partial charge in [0.1, 0.15) is 0 Å². The highest BCUT2D eigenvalue weighted by molar-refractivity contribution is 5.96. The van der Waals surface area contributed by atoms with Crippen LogP contribution >= 0.6 is 0 Å². The van der Waals surface area contributed by atoms with Crippen LogP contribution in [0.4, 0.5) is 5.69 Å². The predicted molar refractivity (Wildman–Crippen MR) is 68.9 cm³/mol. The zero-order valence-electron chi connectivity index (χ0n) is 10.4. The topological polar surface area (TPSA) is 55.6 Å². The Labute approximate surface area is 102 Å². The lowest BCUT2D eigenvalue weighted by atomic mass is 10.1. The van der Waals surface area contributed by atoms with Crippen LogP contribution in [0.15, 0.2) is 30.3 Å². The van der Waals surface area contributed by atoms with E-state index in [-0.39, 0.29) is 5.91 Å². The van der Waals surface area contributed by atoms with E-state index in [1.807, 2.05) is 30.3 Å². The molecule has 1 atom stereocenters. The molecule has 0 heterocycles. The summed E-state index contributed by atoms with van der Waals surface area (Å²) in [4.78, 5) is 13.6. The summed E-state index contributed by atoms with van der Waals surface area (Å²) in [6.07, 6.45) is 1.44. The second-order valence-corrected chi connectivity index (χ2v) is 3.97. The normalized spacial score (nSPS) is 12.2. The molecule has 0 aromatic heterocycles. The highest BCUT2D eigenvalue weighted by Gasteiger charge is 2.18. The molecule has 1 aromatic rings. The van der Waals surface area contributed by atoms with E-state index in [1.54, 1.807) is 19.1 Å². The number of para-hydroxylation sites is 1. The Morgan fingerprint density at radius 2 is 2.06 bits per heavy atom. The third-order valence-corrected chi connectivity index (χ3v) is 2.65. The van der Waals surface area contributed by atoms with E-state index in [1.165, 1.54) is 0 Å². The first-order valence-electron chi connectivity index (χ1n) is 5.74. The summed E-state index contributed by atoms with van der Waals surface area (Å²) in [7, 11) is 3.39. The highest BCUT2D eigenvalue weighted by atomic mass is 16.5. The van der Waals surface area contributed by atoms with Crippen molar-refractivity contribution in [2.45, 2.75) is 18.9 Å². The quantitative estimate of drug-likeness (QED) is 0.760. The molecule has 0 aliphatic heterocycles. The van der Waals surface area contributed by atoms with Gasteiger partial charge in [0.15, 0.2) is 0 Å². The standard InChI is InChI=1S/C13H20N2O2/c1-15(11-7-4-3-5-8-11)13(16)12(14)9-6-10-17-2/h3-5,7-8,12H,6,9-10,14H2,1-2H3. The van der Waals surface area contributed by atoms with Crippen molar-refractivity contribution in [2.24, 2.45) is 5.73 Å². The summed E-state index contributed by atoms with van der Waals surface area (Å²) in [5.74, 6) is -0.0627. The summed E-state index contributed by atoms with van der Waals surface area (Å²) in [5, 5.41) is 0. The lowest BCUT2D eigenvalue weighted by Crippen LogP contribution is -2.42. The second-order valence-electron chi connectivity index (χ2n) is 3.97. The Bertz CT molecular complexity index is 341. The second kappa shape index (κ2) is 7.04. The van der Waals surface area contributed by atoms with Crippen molar-refractivity contribution in [2.75, 3.05) is 25.7 Å². The number of benzene rings is 1. The van der Waals surface area contributed by atoms with E-state index < -0.39 is 6.04 Å². The molecular weight excluding hydrogens is 216 g/mol. The van der Waals surface area contributed by atoms with Gasteiger partial charge in [-0.15, -0.1) is 0 Å². The minimum atomic E-state index is -0.463. The van der Waals surface area contributed by atoms with Gasteiger partial charge in [0.25, 0.3) is 0 Å². The van der Waals surface area contributed by atoms with Crippen molar-refractivity contribution in [3.63, 3.8) is 0 Å². The maximum atomic E-state index is 12.0. The average molecular weight is 236 g/mol. The van der Waals surface area contributed by atoms with Gasteiger partial charge in [-0.25, -0.2) is 0 Å². The number of carbonyl (C=O) groups is 1. The molecule has 1 aromatic carbocycles. The summed E-state index contributed by atoms with van der Waals surface area (Å²) in [5.41, 5.74) is 6.71. The Morgan fingerprint density at radius 3 is 2.65 bits per heavy atom. The van der Waals surface area contributed by atoms with Crippen LogP contribution in [-0.4, -0.2) is 32.7 Å². The first kappa shape index (κ1) is 13.7. The van der Waals surface area contributed by atoms with Gasteiger partial charge in [-0.1, -0.05) is 18.2 Å². The van der Waals surface area contributed by atoms with Crippen LogP contribution in [-0.2, 0) is 9.53 Å². The Hall–Kier alpha value is -1.39. The van der Waals surface area contributed by atoms with Crippen LogP contribution in [0.1, 0.15) is 12.8 Å². The monoisotopic (exact) mass is 236 g/mol. The van der Waals surface area contributed by atoms with Gasteiger partial charge < -0.3 is 15.4 Å². The highest BCUT2D eigenvalue weighted by Crippen LogP contribution is 2.12. The van der Waals surface area contributed by atoms with Gasteiger partial charge in [-0.2, -0.15) is 0 Å². The van der Waals surface area contributed by atoms with Crippen molar-refractivity contribution >= 4 is 11.6 Å². The smallest absolute Gasteiger partial charge is 0.243 e. The zero-order valence-corrected chi connectivity index (χ0v) is 10.4. The molecular formula is C13H20N2O2. The lowest BCUT2D eigenvalue weighted by Gasteiger charge is -2.21. The number of hydrogen-bond acceptors (Lipinski definition) is 3. The molecule has 0 saturated carbocycles. The first-order chi connectivity index (χ1) is 8.16. The van der Waals surface area contributed by atoms with Crippen molar-refractivity contribution in [1.82, 2.24) is 0 Å². The Balaban J connectivity index is 2.51. The number of carbonyl (C=O) groups excluding carboxylic acids is 1. The van der Waals surface area contributed by atoms with E-state index >= 15 is 0 Å². The van der Waals surface area contributed by atoms with Crippen LogP contribution in [0.25, 0.3) is 0 Å². The van der Waals surface area contributed by atoms with Crippen molar-refractivity contribution in [1.29, 1.82) is 0 Å². The van der Waals surface area contributed by atoms with Crippen LogP contribution in [0.2, 0.25) is 0 Å². The molecule has 1 unspecified atom stereocenters. The molecule has 0 saturated heterocycles. The summed E-state index contributed by atoms with van der Waals surface area (Å²) in [6, 6.07) is 9.03. The number of likely N-dealkylation sites (N-methyl/N-ethyl adjacent to an activating group) is 1. The number of ether oxygens (including phenoxy) is 1. The number of anilines is 1. The van der Waals surface area contributed by atoms with Gasteiger partial charge in [0, 0.05) is 26.5 Å². The Kier molecular flexibility index (Phi) is 5.66. The largest absolute Gasteiger partial charge is 0.385 e. The van der Waals surface area contributed by atoms with Gasteiger partial charge in [0.2, 0.25) is 5.91 Å². The van der Waals surface area contributed by atoms with Crippen LogP contribution in [0.3, 0.4) is 0 Å². The van der Waals surface area contributed by atoms with Crippen LogP contribution < -0.4 is 10.6 Å². The number of nitrogens with two attached hydrogens (primary N) is 1. The molecule has 1 amide bonds. The predicted octanol–water partition coefficient (Wildman–Crippen LogP) is 1.40. The Morgan fingerprint density at radius 1 is 1.41 bits per heavy atom. The number of methoxy groups -OCH3 is 1. The third kappa shape index (κ3) is 4.17. The lowest BCUT2D eigenvalue weighted by molar-refractivity contribution is -0.119. The fraction of sp³-hybridized carbons (Fsp3) is 0.462. The van der Waals surface area contributed by atoms with Crippen molar-refractivity contribution in [3.05, 3.63) is 30.3 Å². The van der Waals surface area contributed by atoms with Gasteiger partial charge in [0.05, 0.1) is 6.04 Å². The van der Waals surface area contributed by atoms with E-state index in [2.05, 4.69) is 0 Å². The number of hydrogen-bond donors (Lipinski definition) is 1. The molecule has 0 fully saturated rings.